The third-order valence-electron chi connectivity index (χ3n) is 7.60. The van der Waals surface area contributed by atoms with Gasteiger partial charge in [-0.1, -0.05) is 25.1 Å². The Balaban J connectivity index is 1.46. The third-order valence-corrected chi connectivity index (χ3v) is 7.60. The molecule has 2 aliphatic rings. The van der Waals surface area contributed by atoms with E-state index in [2.05, 4.69) is 21.7 Å². The van der Waals surface area contributed by atoms with Crippen molar-refractivity contribution in [3.05, 3.63) is 64.9 Å². The normalized spacial score (nSPS) is 21.9. The number of ether oxygens (including phenoxy) is 1. The zero-order chi connectivity index (χ0) is 25.4. The fourth-order valence-corrected chi connectivity index (χ4v) is 5.68. The van der Waals surface area contributed by atoms with Crippen LogP contribution in [-0.2, 0) is 6.42 Å². The van der Waals surface area contributed by atoms with Gasteiger partial charge >= 0.3 is 0 Å². The van der Waals surface area contributed by atoms with E-state index in [1.54, 1.807) is 0 Å². The Labute approximate surface area is 209 Å². The Kier molecular flexibility index (Phi) is 7.28. The van der Waals surface area contributed by atoms with Crippen molar-refractivity contribution in [3.63, 3.8) is 0 Å². The van der Waals surface area contributed by atoms with Gasteiger partial charge in [-0.15, -0.1) is 0 Å². The molecule has 2 aromatic carbocycles. The van der Waals surface area contributed by atoms with Crippen molar-refractivity contribution >= 4 is 10.9 Å². The number of aliphatic hydroxyl groups is 1. The summed E-state index contributed by atoms with van der Waals surface area (Å²) in [5.41, 5.74) is 2.81. The summed E-state index contributed by atoms with van der Waals surface area (Å²) < 4.78 is 49.6. The van der Waals surface area contributed by atoms with Crippen LogP contribution in [0.1, 0.15) is 36.7 Å². The van der Waals surface area contributed by atoms with E-state index in [0.717, 1.165) is 28.6 Å². The van der Waals surface area contributed by atoms with Crippen LogP contribution in [0.2, 0.25) is 0 Å². The monoisotopic (exact) mass is 501 g/mol. The second kappa shape index (κ2) is 10.4. The number of para-hydroxylation sites is 1. The molecule has 0 radical (unpaired) electrons. The number of benzene rings is 2. The molecule has 3 atom stereocenters. The smallest absolute Gasteiger partial charge is 0.135 e. The molecule has 1 saturated heterocycles. The minimum absolute atomic E-state index is 0.00364. The average molecular weight is 502 g/mol. The number of rotatable bonds is 9. The molecule has 5 rings (SSSR count). The number of hydrogen-bond donors (Lipinski definition) is 2. The summed E-state index contributed by atoms with van der Waals surface area (Å²) in [6.45, 7) is 6.44. The molecule has 0 spiro atoms. The molecule has 0 unspecified atom stereocenters. The number of likely N-dealkylation sites (tertiary alicyclic amines) is 1. The van der Waals surface area contributed by atoms with Gasteiger partial charge < -0.3 is 14.8 Å². The zero-order valence-corrected chi connectivity index (χ0v) is 20.8. The minimum Gasteiger partial charge on any atom is -0.492 e. The van der Waals surface area contributed by atoms with Crippen molar-refractivity contribution < 1.29 is 23.0 Å². The number of aromatic nitrogens is 1. The number of fused-ring (bicyclic) bond motifs is 3. The Hall–Kier alpha value is -2.55. The van der Waals surface area contributed by atoms with Gasteiger partial charge in [0, 0.05) is 79.0 Å². The lowest BCUT2D eigenvalue weighted by molar-refractivity contribution is 0.0667. The molecule has 1 fully saturated rings. The molecule has 8 heteroatoms. The molecule has 36 heavy (non-hydrogen) atoms. The van der Waals surface area contributed by atoms with Crippen LogP contribution in [-0.4, -0.2) is 72.0 Å². The zero-order valence-electron chi connectivity index (χ0n) is 20.8. The maximum Gasteiger partial charge on any atom is 0.135 e. The van der Waals surface area contributed by atoms with Gasteiger partial charge in [0.05, 0.1) is 12.7 Å². The fourth-order valence-electron chi connectivity index (χ4n) is 5.68. The highest BCUT2D eigenvalue weighted by molar-refractivity contribution is 5.85. The molecule has 5 nitrogen and oxygen atoms in total. The largest absolute Gasteiger partial charge is 0.492 e. The second-order valence-corrected chi connectivity index (χ2v) is 10.4. The lowest BCUT2D eigenvalue weighted by Crippen LogP contribution is -2.49. The van der Waals surface area contributed by atoms with Crippen molar-refractivity contribution in [1.82, 2.24) is 14.8 Å². The molecule has 2 N–H and O–H groups in total. The van der Waals surface area contributed by atoms with Crippen LogP contribution in [0.5, 0.6) is 5.75 Å². The van der Waals surface area contributed by atoms with E-state index in [0.29, 0.717) is 26.2 Å². The summed E-state index contributed by atoms with van der Waals surface area (Å²) >= 11 is 0. The first-order valence-corrected chi connectivity index (χ1v) is 12.8. The van der Waals surface area contributed by atoms with Crippen molar-refractivity contribution in [3.8, 4) is 5.75 Å². The first-order chi connectivity index (χ1) is 17.4. The van der Waals surface area contributed by atoms with Gasteiger partial charge in [0.2, 0.25) is 0 Å². The summed E-state index contributed by atoms with van der Waals surface area (Å²) in [4.78, 5) is 7.59. The lowest BCUT2D eigenvalue weighted by atomic mass is 9.87. The van der Waals surface area contributed by atoms with E-state index in [9.17, 15) is 9.50 Å². The maximum absolute atomic E-state index is 15.7. The number of hydrogen-bond acceptors (Lipinski definition) is 4. The summed E-state index contributed by atoms with van der Waals surface area (Å²) in [6.07, 6.45) is 0.748. The number of halogens is 3. The Bertz CT molecular complexity index is 1190. The van der Waals surface area contributed by atoms with E-state index in [1.807, 2.05) is 31.2 Å². The van der Waals surface area contributed by atoms with Crippen molar-refractivity contribution in [1.29, 1.82) is 0 Å². The van der Waals surface area contributed by atoms with Crippen LogP contribution in [0.15, 0.2) is 36.4 Å². The molecule has 2 aliphatic heterocycles. The fraction of sp³-hybridized carbons (Fsp3) is 0.500. The molecule has 0 saturated carbocycles. The lowest BCUT2D eigenvalue weighted by Gasteiger charge is -2.42. The van der Waals surface area contributed by atoms with E-state index >= 15 is 8.78 Å². The third kappa shape index (κ3) is 4.74. The van der Waals surface area contributed by atoms with Crippen LogP contribution in [0, 0.1) is 23.5 Å². The highest BCUT2D eigenvalue weighted by Gasteiger charge is 2.39. The Morgan fingerprint density at radius 3 is 2.58 bits per heavy atom. The predicted molar refractivity (Wildman–Crippen MR) is 134 cm³/mol. The van der Waals surface area contributed by atoms with Crippen molar-refractivity contribution in [2.24, 2.45) is 11.8 Å². The topological polar surface area (TPSA) is 51.7 Å². The van der Waals surface area contributed by atoms with Gasteiger partial charge in [-0.2, -0.15) is 0 Å². The molecule has 0 aliphatic carbocycles. The molecule has 0 bridgehead atoms. The van der Waals surface area contributed by atoms with Gasteiger partial charge in [-0.25, -0.2) is 8.78 Å². The quantitative estimate of drug-likeness (QED) is 0.447. The Morgan fingerprint density at radius 2 is 1.89 bits per heavy atom. The van der Waals surface area contributed by atoms with Gasteiger partial charge in [0.1, 0.15) is 24.0 Å². The molecule has 3 aromatic rings. The number of nitrogens with one attached hydrogen (secondary N) is 1. The first kappa shape index (κ1) is 25.1. The summed E-state index contributed by atoms with van der Waals surface area (Å²) in [6, 6.07) is 9.82. The van der Waals surface area contributed by atoms with E-state index in [-0.39, 0.29) is 49.1 Å². The summed E-state index contributed by atoms with van der Waals surface area (Å²) in [5.74, 6) is -1.13. The van der Waals surface area contributed by atoms with E-state index in [4.69, 9.17) is 4.74 Å². The number of alkyl halides is 1. The van der Waals surface area contributed by atoms with Crippen LogP contribution in [0.3, 0.4) is 0 Å². The number of aliphatic hydroxyl groups excluding tert-OH is 1. The second-order valence-electron chi connectivity index (χ2n) is 10.4. The van der Waals surface area contributed by atoms with Gasteiger partial charge in [0.15, 0.2) is 0 Å². The molecule has 1 aromatic heterocycles. The maximum atomic E-state index is 15.7. The van der Waals surface area contributed by atoms with Crippen LogP contribution in [0.4, 0.5) is 13.2 Å². The highest BCUT2D eigenvalue weighted by atomic mass is 19.1. The minimum atomic E-state index is -0.656. The standard InChI is InChI=1S/C28H34F3N3O2/c1-17(16-35)13-34-18(2)9-22-21-5-3-4-6-25(21)32-27(22)28(34)26-23(30)10-20(11-24(26)31)36-8-7-33-14-19(12-29)15-33/h3-6,10-11,17-19,28,32,35H,7-9,12-16H2,1-2H3/t17-,18-,28-/m1/s1. The highest BCUT2D eigenvalue weighted by Crippen LogP contribution is 2.43. The predicted octanol–water partition coefficient (Wildman–Crippen LogP) is 4.69. The van der Waals surface area contributed by atoms with Crippen LogP contribution >= 0.6 is 0 Å². The van der Waals surface area contributed by atoms with Crippen LogP contribution in [0.25, 0.3) is 10.9 Å². The van der Waals surface area contributed by atoms with Gasteiger partial charge in [-0.3, -0.25) is 14.2 Å². The molecular weight excluding hydrogens is 467 g/mol. The van der Waals surface area contributed by atoms with Crippen molar-refractivity contribution in [2.75, 3.05) is 46.1 Å². The van der Waals surface area contributed by atoms with E-state index < -0.39 is 17.7 Å². The van der Waals surface area contributed by atoms with Crippen molar-refractivity contribution in [2.45, 2.75) is 32.4 Å². The van der Waals surface area contributed by atoms with Gasteiger partial charge in [-0.05, 0) is 30.9 Å². The number of nitrogens with zero attached hydrogens (tertiary/aromatic N) is 2. The summed E-state index contributed by atoms with van der Waals surface area (Å²) in [7, 11) is 0. The first-order valence-electron chi connectivity index (χ1n) is 12.8. The van der Waals surface area contributed by atoms with Crippen LogP contribution < -0.4 is 4.74 Å². The van der Waals surface area contributed by atoms with E-state index in [1.165, 1.54) is 12.1 Å². The molecule has 3 heterocycles. The number of H-pyrrole nitrogens is 1. The molecule has 194 valence electrons. The average Bonchev–Trinajstić information content (AvgIpc) is 3.19. The number of aromatic amines is 1. The summed E-state index contributed by atoms with van der Waals surface area (Å²) in [5, 5.41) is 10.8. The molecule has 0 amide bonds. The molecular formula is C28H34F3N3O2. The Morgan fingerprint density at radius 1 is 1.17 bits per heavy atom. The van der Waals surface area contributed by atoms with Gasteiger partial charge in [0.25, 0.3) is 0 Å². The SMILES string of the molecule is C[C@@H](CO)CN1[C@H](c2c(F)cc(OCCN3CC(CF)C3)cc2F)c2[nH]c3ccccc3c2C[C@H]1C.